The van der Waals surface area contributed by atoms with Crippen molar-refractivity contribution in [1.29, 1.82) is 0 Å². The van der Waals surface area contributed by atoms with Crippen molar-refractivity contribution < 1.29 is 13.9 Å². The van der Waals surface area contributed by atoms with Crippen LogP contribution < -0.4 is 10.1 Å². The molecule has 0 heterocycles. The monoisotopic (exact) mass is 287 g/mol. The van der Waals surface area contributed by atoms with E-state index in [1.807, 2.05) is 32.0 Å². The van der Waals surface area contributed by atoms with Crippen molar-refractivity contribution in [2.24, 2.45) is 0 Å². The first-order valence-corrected chi connectivity index (χ1v) is 6.72. The third kappa shape index (κ3) is 3.81. The van der Waals surface area contributed by atoms with E-state index in [-0.39, 0.29) is 18.3 Å². The summed E-state index contributed by atoms with van der Waals surface area (Å²) in [5.41, 5.74) is 3.22. The number of ether oxygens (including phenoxy) is 1. The zero-order chi connectivity index (χ0) is 15.4. The number of hydrogen-bond acceptors (Lipinski definition) is 2. The average molecular weight is 287 g/mol. The van der Waals surface area contributed by atoms with Gasteiger partial charge in [-0.25, -0.2) is 4.39 Å². The largest absolute Gasteiger partial charge is 0.483 e. The van der Waals surface area contributed by atoms with Crippen molar-refractivity contribution >= 4 is 11.6 Å². The Kier molecular flexibility index (Phi) is 4.58. The summed E-state index contributed by atoms with van der Waals surface area (Å²) in [5, 5.41) is 2.66. The zero-order valence-electron chi connectivity index (χ0n) is 12.4. The molecule has 110 valence electrons. The number of halogens is 1. The first-order chi connectivity index (χ1) is 9.97. The van der Waals surface area contributed by atoms with E-state index >= 15 is 0 Å². The van der Waals surface area contributed by atoms with E-state index in [1.165, 1.54) is 12.1 Å². The predicted octanol–water partition coefficient (Wildman–Crippen LogP) is 3.77. The highest BCUT2D eigenvalue weighted by atomic mass is 19.1. The maximum Gasteiger partial charge on any atom is 0.262 e. The Morgan fingerprint density at radius 3 is 2.43 bits per heavy atom. The van der Waals surface area contributed by atoms with Crippen LogP contribution in [0.3, 0.4) is 0 Å². The van der Waals surface area contributed by atoms with Crippen LogP contribution in [-0.4, -0.2) is 12.5 Å². The van der Waals surface area contributed by atoms with Crippen molar-refractivity contribution in [3.8, 4) is 5.75 Å². The van der Waals surface area contributed by atoms with Crippen molar-refractivity contribution in [2.75, 3.05) is 11.9 Å². The number of amides is 1. The lowest BCUT2D eigenvalue weighted by Gasteiger charge is -2.12. The highest BCUT2D eigenvalue weighted by Gasteiger charge is 2.09. The Labute approximate surface area is 123 Å². The SMILES string of the molecule is Cc1ccc(F)cc1NC(=O)COc1c(C)cccc1C. The molecule has 0 saturated heterocycles. The molecular weight excluding hydrogens is 269 g/mol. The van der Waals surface area contributed by atoms with Gasteiger partial charge >= 0.3 is 0 Å². The maximum atomic E-state index is 13.2. The minimum absolute atomic E-state index is 0.109. The normalized spacial score (nSPS) is 10.3. The van der Waals surface area contributed by atoms with Crippen molar-refractivity contribution in [3.63, 3.8) is 0 Å². The number of rotatable bonds is 4. The summed E-state index contributed by atoms with van der Waals surface area (Å²) < 4.78 is 18.7. The van der Waals surface area contributed by atoms with Crippen LogP contribution in [0.4, 0.5) is 10.1 Å². The number of hydrogen-bond donors (Lipinski definition) is 1. The van der Waals surface area contributed by atoms with Gasteiger partial charge < -0.3 is 10.1 Å². The minimum Gasteiger partial charge on any atom is -0.483 e. The van der Waals surface area contributed by atoms with E-state index in [2.05, 4.69) is 5.32 Å². The summed E-state index contributed by atoms with van der Waals surface area (Å²) in [6, 6.07) is 10.1. The van der Waals surface area contributed by atoms with Gasteiger partial charge in [0.1, 0.15) is 11.6 Å². The molecule has 4 heteroatoms. The highest BCUT2D eigenvalue weighted by Crippen LogP contribution is 2.22. The lowest BCUT2D eigenvalue weighted by molar-refractivity contribution is -0.118. The van der Waals surface area contributed by atoms with E-state index in [0.29, 0.717) is 11.4 Å². The smallest absolute Gasteiger partial charge is 0.262 e. The molecule has 0 bridgehead atoms. The molecule has 21 heavy (non-hydrogen) atoms. The third-order valence-corrected chi connectivity index (χ3v) is 3.23. The lowest BCUT2D eigenvalue weighted by atomic mass is 10.1. The van der Waals surface area contributed by atoms with E-state index < -0.39 is 0 Å². The van der Waals surface area contributed by atoms with Gasteiger partial charge in [-0.1, -0.05) is 24.3 Å². The number of nitrogens with one attached hydrogen (secondary N) is 1. The Hall–Kier alpha value is -2.36. The van der Waals surface area contributed by atoms with Crippen LogP contribution >= 0.6 is 0 Å². The molecule has 0 radical (unpaired) electrons. The quantitative estimate of drug-likeness (QED) is 0.929. The fourth-order valence-corrected chi connectivity index (χ4v) is 2.08. The van der Waals surface area contributed by atoms with Crippen LogP contribution in [0.1, 0.15) is 16.7 Å². The highest BCUT2D eigenvalue weighted by molar-refractivity contribution is 5.92. The fourth-order valence-electron chi connectivity index (χ4n) is 2.08. The zero-order valence-corrected chi connectivity index (χ0v) is 12.4. The molecule has 0 aromatic heterocycles. The molecule has 0 aliphatic carbocycles. The van der Waals surface area contributed by atoms with Gasteiger partial charge in [-0.15, -0.1) is 0 Å². The second-order valence-electron chi connectivity index (χ2n) is 5.02. The molecule has 0 saturated carbocycles. The molecule has 1 amide bonds. The molecule has 2 rings (SSSR count). The van der Waals surface area contributed by atoms with Gasteiger partial charge in [0.2, 0.25) is 0 Å². The fraction of sp³-hybridized carbons (Fsp3) is 0.235. The van der Waals surface area contributed by atoms with Crippen LogP contribution in [0.25, 0.3) is 0 Å². The van der Waals surface area contributed by atoms with Crippen LogP contribution in [0.2, 0.25) is 0 Å². The third-order valence-electron chi connectivity index (χ3n) is 3.23. The number of carbonyl (C=O) groups is 1. The number of carbonyl (C=O) groups excluding carboxylic acids is 1. The lowest BCUT2D eigenvalue weighted by Crippen LogP contribution is -2.21. The van der Waals surface area contributed by atoms with E-state index in [4.69, 9.17) is 4.74 Å². The second kappa shape index (κ2) is 6.39. The van der Waals surface area contributed by atoms with Gasteiger partial charge in [-0.3, -0.25) is 4.79 Å². The van der Waals surface area contributed by atoms with Gasteiger partial charge in [0.25, 0.3) is 5.91 Å². The Morgan fingerprint density at radius 2 is 1.76 bits per heavy atom. The molecule has 2 aromatic carbocycles. The molecule has 0 fully saturated rings. The molecule has 3 nitrogen and oxygen atoms in total. The molecule has 1 N–H and O–H groups in total. The topological polar surface area (TPSA) is 38.3 Å². The number of benzene rings is 2. The van der Waals surface area contributed by atoms with Crippen molar-refractivity contribution in [2.45, 2.75) is 20.8 Å². The van der Waals surface area contributed by atoms with Crippen molar-refractivity contribution in [3.05, 3.63) is 58.9 Å². The number of anilines is 1. The summed E-state index contributed by atoms with van der Waals surface area (Å²) in [4.78, 5) is 11.9. The Bertz CT molecular complexity index is 648. The van der Waals surface area contributed by atoms with E-state index in [1.54, 1.807) is 13.0 Å². The van der Waals surface area contributed by atoms with Gasteiger partial charge in [0.15, 0.2) is 6.61 Å². The van der Waals surface area contributed by atoms with Gasteiger partial charge in [-0.05, 0) is 49.6 Å². The number of aryl methyl sites for hydroxylation is 3. The van der Waals surface area contributed by atoms with Gasteiger partial charge in [-0.2, -0.15) is 0 Å². The van der Waals surface area contributed by atoms with Crippen LogP contribution in [0, 0.1) is 26.6 Å². The van der Waals surface area contributed by atoms with Gasteiger partial charge in [0, 0.05) is 5.69 Å². The molecular formula is C17H18FNO2. The summed E-state index contributed by atoms with van der Waals surface area (Å²) in [7, 11) is 0. The molecule has 0 spiro atoms. The average Bonchev–Trinajstić information content (AvgIpc) is 2.42. The summed E-state index contributed by atoms with van der Waals surface area (Å²) in [5.74, 6) is 0.0153. The minimum atomic E-state index is -0.383. The second-order valence-corrected chi connectivity index (χ2v) is 5.02. The standard InChI is InChI=1S/C17H18FNO2/c1-11-7-8-14(18)9-15(11)19-16(20)10-21-17-12(2)5-4-6-13(17)3/h4-9H,10H2,1-3H3,(H,19,20). The summed E-state index contributed by atoms with van der Waals surface area (Å²) >= 11 is 0. The molecule has 0 aliphatic heterocycles. The van der Waals surface area contributed by atoms with Crippen LogP contribution in [0.15, 0.2) is 36.4 Å². The predicted molar refractivity (Wildman–Crippen MR) is 81.2 cm³/mol. The van der Waals surface area contributed by atoms with Crippen LogP contribution in [0.5, 0.6) is 5.75 Å². The van der Waals surface area contributed by atoms with Crippen molar-refractivity contribution in [1.82, 2.24) is 0 Å². The molecule has 2 aromatic rings. The molecule has 0 aliphatic rings. The number of para-hydroxylation sites is 1. The molecule has 0 unspecified atom stereocenters. The Morgan fingerprint density at radius 1 is 1.10 bits per heavy atom. The molecule has 0 atom stereocenters. The maximum absolute atomic E-state index is 13.2. The first kappa shape index (κ1) is 15.0. The van der Waals surface area contributed by atoms with Crippen LogP contribution in [-0.2, 0) is 4.79 Å². The van der Waals surface area contributed by atoms with E-state index in [0.717, 1.165) is 16.7 Å². The summed E-state index contributed by atoms with van der Waals surface area (Å²) in [6.07, 6.45) is 0. The Balaban J connectivity index is 2.01. The summed E-state index contributed by atoms with van der Waals surface area (Å²) in [6.45, 7) is 5.55. The van der Waals surface area contributed by atoms with Gasteiger partial charge in [0.05, 0.1) is 0 Å². The van der Waals surface area contributed by atoms with E-state index in [9.17, 15) is 9.18 Å². The first-order valence-electron chi connectivity index (χ1n) is 6.72.